The van der Waals surface area contributed by atoms with E-state index in [9.17, 15) is 0 Å². The highest BCUT2D eigenvalue weighted by Gasteiger charge is 2.20. The Morgan fingerprint density at radius 3 is 2.22 bits per heavy atom. The first-order chi connectivity index (χ1) is 8.65. The van der Waals surface area contributed by atoms with E-state index in [-0.39, 0.29) is 0 Å². The predicted octanol–water partition coefficient (Wildman–Crippen LogP) is 1.90. The van der Waals surface area contributed by atoms with Gasteiger partial charge in [0.15, 0.2) is 0 Å². The largest absolute Gasteiger partial charge is 0.314 e. The van der Waals surface area contributed by atoms with Gasteiger partial charge >= 0.3 is 0 Å². The Balaban J connectivity index is 2.03. The fraction of sp³-hybridized carbons (Fsp3) is 1.00. The molecule has 0 saturated carbocycles. The van der Waals surface area contributed by atoms with Gasteiger partial charge < -0.3 is 15.1 Å². The molecule has 0 aromatic heterocycles. The molecular weight excluding hydrogens is 222 g/mol. The van der Waals surface area contributed by atoms with Gasteiger partial charge in [-0.05, 0) is 31.3 Å². The van der Waals surface area contributed by atoms with Crippen molar-refractivity contribution in [3.8, 4) is 0 Å². The zero-order valence-electron chi connectivity index (χ0n) is 12.9. The van der Waals surface area contributed by atoms with Crippen molar-refractivity contribution in [3.05, 3.63) is 0 Å². The van der Waals surface area contributed by atoms with Crippen LogP contribution in [0.2, 0.25) is 0 Å². The van der Waals surface area contributed by atoms with Gasteiger partial charge in [0, 0.05) is 39.3 Å². The quantitative estimate of drug-likeness (QED) is 0.668. The summed E-state index contributed by atoms with van der Waals surface area (Å²) in [6, 6.07) is 0. The minimum atomic E-state index is 0.879. The Hall–Kier alpha value is -0.120. The van der Waals surface area contributed by atoms with Crippen molar-refractivity contribution in [2.24, 2.45) is 11.8 Å². The van der Waals surface area contributed by atoms with Crippen LogP contribution in [0.3, 0.4) is 0 Å². The molecular formula is C15H33N3. The molecule has 0 spiro atoms. The van der Waals surface area contributed by atoms with Gasteiger partial charge in [0.05, 0.1) is 0 Å². The van der Waals surface area contributed by atoms with E-state index in [1.165, 1.54) is 45.7 Å². The molecule has 0 aromatic carbocycles. The number of hydrogen-bond donors (Lipinski definition) is 1. The van der Waals surface area contributed by atoms with Gasteiger partial charge in [-0.2, -0.15) is 0 Å². The lowest BCUT2D eigenvalue weighted by Crippen LogP contribution is -2.43. The molecule has 18 heavy (non-hydrogen) atoms. The number of nitrogens with one attached hydrogen (secondary N) is 1. The van der Waals surface area contributed by atoms with Crippen molar-refractivity contribution in [2.75, 3.05) is 52.4 Å². The first-order valence-electron chi connectivity index (χ1n) is 7.81. The molecule has 0 radical (unpaired) electrons. The smallest absolute Gasteiger partial charge is 0.0107 e. The minimum Gasteiger partial charge on any atom is -0.314 e. The highest BCUT2D eigenvalue weighted by Crippen LogP contribution is 2.20. The minimum absolute atomic E-state index is 0.879. The van der Waals surface area contributed by atoms with Crippen LogP contribution in [0, 0.1) is 11.8 Å². The third kappa shape index (κ3) is 6.17. The van der Waals surface area contributed by atoms with Crippen LogP contribution in [0.5, 0.6) is 0 Å². The Morgan fingerprint density at radius 2 is 1.67 bits per heavy atom. The molecule has 1 heterocycles. The molecule has 0 aromatic rings. The average Bonchev–Trinajstić information content (AvgIpc) is 2.32. The van der Waals surface area contributed by atoms with Gasteiger partial charge in [-0.15, -0.1) is 0 Å². The zero-order valence-corrected chi connectivity index (χ0v) is 12.9. The standard InChI is InChI=1S/C15H33N3/c1-5-17(6-2)9-7-16-8-10-18-12-14(3)11-15(4)13-18/h14-16H,5-13H2,1-4H3. The summed E-state index contributed by atoms with van der Waals surface area (Å²) in [4.78, 5) is 5.10. The molecule has 3 heteroatoms. The van der Waals surface area contributed by atoms with Gasteiger partial charge in [-0.1, -0.05) is 27.7 Å². The van der Waals surface area contributed by atoms with Crippen LogP contribution in [0.4, 0.5) is 0 Å². The molecule has 1 saturated heterocycles. The van der Waals surface area contributed by atoms with Gasteiger partial charge in [0.2, 0.25) is 0 Å². The predicted molar refractivity (Wildman–Crippen MR) is 80.0 cm³/mol. The Kier molecular flexibility index (Phi) is 7.87. The van der Waals surface area contributed by atoms with Crippen LogP contribution in [0.15, 0.2) is 0 Å². The molecule has 0 bridgehead atoms. The van der Waals surface area contributed by atoms with Gasteiger partial charge in [-0.25, -0.2) is 0 Å². The molecule has 0 amide bonds. The average molecular weight is 255 g/mol. The van der Waals surface area contributed by atoms with Gasteiger partial charge in [0.25, 0.3) is 0 Å². The van der Waals surface area contributed by atoms with Crippen molar-refractivity contribution >= 4 is 0 Å². The third-order valence-corrected chi connectivity index (χ3v) is 4.05. The van der Waals surface area contributed by atoms with E-state index in [0.29, 0.717) is 0 Å². The molecule has 3 nitrogen and oxygen atoms in total. The van der Waals surface area contributed by atoms with Crippen molar-refractivity contribution in [2.45, 2.75) is 34.1 Å². The van der Waals surface area contributed by atoms with Crippen LogP contribution in [-0.2, 0) is 0 Å². The summed E-state index contributed by atoms with van der Waals surface area (Å²) >= 11 is 0. The third-order valence-electron chi connectivity index (χ3n) is 4.05. The SMILES string of the molecule is CCN(CC)CCNCCN1CC(C)CC(C)C1. The molecule has 2 atom stereocenters. The summed E-state index contributed by atoms with van der Waals surface area (Å²) in [7, 11) is 0. The fourth-order valence-electron chi connectivity index (χ4n) is 3.11. The van der Waals surface area contributed by atoms with E-state index in [1.807, 2.05) is 0 Å². The molecule has 1 fully saturated rings. The summed E-state index contributed by atoms with van der Waals surface area (Å²) in [6.45, 7) is 18.8. The first-order valence-corrected chi connectivity index (χ1v) is 7.81. The lowest BCUT2D eigenvalue weighted by atomic mass is 9.92. The monoisotopic (exact) mass is 255 g/mol. The number of likely N-dealkylation sites (N-methyl/N-ethyl adjacent to an activating group) is 1. The number of hydrogen-bond acceptors (Lipinski definition) is 3. The van der Waals surface area contributed by atoms with Crippen LogP contribution in [0.25, 0.3) is 0 Å². The molecule has 1 N–H and O–H groups in total. The molecule has 1 aliphatic rings. The number of piperidine rings is 1. The van der Waals surface area contributed by atoms with E-state index in [2.05, 4.69) is 42.8 Å². The number of rotatable bonds is 8. The maximum atomic E-state index is 3.58. The Bertz CT molecular complexity index is 194. The van der Waals surface area contributed by atoms with Crippen LogP contribution >= 0.6 is 0 Å². The Labute approximate surface area is 114 Å². The van der Waals surface area contributed by atoms with E-state index >= 15 is 0 Å². The second-order valence-corrected chi connectivity index (χ2v) is 5.98. The summed E-state index contributed by atoms with van der Waals surface area (Å²) in [5.74, 6) is 1.76. The van der Waals surface area contributed by atoms with Gasteiger partial charge in [-0.3, -0.25) is 0 Å². The summed E-state index contributed by atoms with van der Waals surface area (Å²) in [6.07, 6.45) is 1.41. The zero-order chi connectivity index (χ0) is 13.4. The van der Waals surface area contributed by atoms with Crippen LogP contribution in [0.1, 0.15) is 34.1 Å². The van der Waals surface area contributed by atoms with E-state index in [1.54, 1.807) is 0 Å². The first kappa shape index (κ1) is 15.9. The second-order valence-electron chi connectivity index (χ2n) is 5.98. The highest BCUT2D eigenvalue weighted by atomic mass is 15.2. The summed E-state index contributed by atoms with van der Waals surface area (Å²) in [5, 5.41) is 3.58. The lowest BCUT2D eigenvalue weighted by Gasteiger charge is -2.35. The highest BCUT2D eigenvalue weighted by molar-refractivity contribution is 4.75. The maximum absolute atomic E-state index is 3.58. The van der Waals surface area contributed by atoms with Crippen molar-refractivity contribution in [1.82, 2.24) is 15.1 Å². The van der Waals surface area contributed by atoms with Gasteiger partial charge in [0.1, 0.15) is 0 Å². The van der Waals surface area contributed by atoms with Crippen molar-refractivity contribution < 1.29 is 0 Å². The second kappa shape index (κ2) is 8.89. The Morgan fingerprint density at radius 1 is 1.06 bits per heavy atom. The van der Waals surface area contributed by atoms with Crippen LogP contribution in [-0.4, -0.2) is 62.2 Å². The molecule has 1 aliphatic heterocycles. The van der Waals surface area contributed by atoms with E-state index in [0.717, 1.165) is 24.9 Å². The number of nitrogens with zero attached hydrogens (tertiary/aromatic N) is 2. The summed E-state index contributed by atoms with van der Waals surface area (Å²) in [5.41, 5.74) is 0. The fourth-order valence-corrected chi connectivity index (χ4v) is 3.11. The van der Waals surface area contributed by atoms with Crippen molar-refractivity contribution in [3.63, 3.8) is 0 Å². The van der Waals surface area contributed by atoms with Crippen molar-refractivity contribution in [1.29, 1.82) is 0 Å². The normalized spacial score (nSPS) is 25.8. The van der Waals surface area contributed by atoms with E-state index < -0.39 is 0 Å². The number of likely N-dealkylation sites (tertiary alicyclic amines) is 1. The topological polar surface area (TPSA) is 18.5 Å². The maximum Gasteiger partial charge on any atom is 0.0107 e. The molecule has 2 unspecified atom stereocenters. The van der Waals surface area contributed by atoms with Crippen LogP contribution < -0.4 is 5.32 Å². The van der Waals surface area contributed by atoms with E-state index in [4.69, 9.17) is 0 Å². The molecule has 1 rings (SSSR count). The molecule has 0 aliphatic carbocycles. The lowest BCUT2D eigenvalue weighted by molar-refractivity contribution is 0.141. The summed E-state index contributed by atoms with van der Waals surface area (Å²) < 4.78 is 0. The molecule has 108 valence electrons.